The molecule has 2 rings (SSSR count). The van der Waals surface area contributed by atoms with Gasteiger partial charge in [0, 0.05) is 5.92 Å². The largest absolute Gasteiger partial charge is 0.468 e. The highest BCUT2D eigenvalue weighted by atomic mass is 16.5. The Hall–Kier alpha value is -1.43. The zero-order valence-corrected chi connectivity index (χ0v) is 11.8. The highest BCUT2D eigenvalue weighted by Gasteiger charge is 2.30. The topological polar surface area (TPSA) is 68.5 Å². The van der Waals surface area contributed by atoms with E-state index in [9.17, 15) is 4.79 Å². The number of rotatable bonds is 4. The van der Waals surface area contributed by atoms with Crippen molar-refractivity contribution < 1.29 is 14.1 Å². The van der Waals surface area contributed by atoms with Gasteiger partial charge >= 0.3 is 5.97 Å². The predicted molar refractivity (Wildman–Crippen MR) is 68.5 cm³/mol. The monoisotopic (exact) mass is 267 g/mol. The summed E-state index contributed by atoms with van der Waals surface area (Å²) in [6.45, 7) is 5.41. The number of methoxy groups -OCH3 is 1. The summed E-state index contributed by atoms with van der Waals surface area (Å²) >= 11 is 0. The third-order valence-electron chi connectivity index (χ3n) is 3.43. The molecule has 1 aromatic heterocycles. The van der Waals surface area contributed by atoms with E-state index in [2.05, 4.69) is 15.0 Å². The summed E-state index contributed by atoms with van der Waals surface area (Å²) in [6, 6.07) is -0.187. The van der Waals surface area contributed by atoms with Crippen LogP contribution >= 0.6 is 0 Å². The number of nitrogens with zero attached hydrogens (tertiary/aromatic N) is 3. The van der Waals surface area contributed by atoms with Crippen LogP contribution in [0.15, 0.2) is 4.52 Å². The zero-order chi connectivity index (χ0) is 13.8. The molecule has 0 amide bonds. The molecule has 0 radical (unpaired) electrons. The van der Waals surface area contributed by atoms with Crippen LogP contribution in [0.25, 0.3) is 0 Å². The second kappa shape index (κ2) is 6.14. The van der Waals surface area contributed by atoms with Crippen LogP contribution in [0.3, 0.4) is 0 Å². The van der Waals surface area contributed by atoms with Crippen molar-refractivity contribution in [1.82, 2.24) is 15.0 Å². The summed E-state index contributed by atoms with van der Waals surface area (Å²) in [5.41, 5.74) is 0. The van der Waals surface area contributed by atoms with Gasteiger partial charge in [0.1, 0.15) is 6.04 Å². The summed E-state index contributed by atoms with van der Waals surface area (Å²) in [5.74, 6) is 1.35. The standard InChI is InChI=1S/C13H21N3O3/c1-9(2)12-14-11(19-15-12)8-16-7-5-4-6-10(16)13(17)18-3/h9-10H,4-8H2,1-3H3/t10-/m1/s1. The van der Waals surface area contributed by atoms with Crippen LogP contribution in [0.1, 0.15) is 50.7 Å². The normalized spacial score (nSPS) is 20.7. The highest BCUT2D eigenvalue weighted by molar-refractivity contribution is 5.75. The number of carbonyl (C=O) groups is 1. The van der Waals surface area contributed by atoms with Crippen LogP contribution in [0, 0.1) is 0 Å². The molecule has 6 nitrogen and oxygen atoms in total. The highest BCUT2D eigenvalue weighted by Crippen LogP contribution is 2.20. The van der Waals surface area contributed by atoms with E-state index in [0.717, 1.165) is 25.8 Å². The van der Waals surface area contributed by atoms with Gasteiger partial charge in [-0.3, -0.25) is 9.69 Å². The summed E-state index contributed by atoms with van der Waals surface area (Å²) in [4.78, 5) is 18.2. The maximum absolute atomic E-state index is 11.8. The number of hydrogen-bond donors (Lipinski definition) is 0. The Labute approximate surface area is 113 Å². The minimum Gasteiger partial charge on any atom is -0.468 e. The third kappa shape index (κ3) is 3.32. The van der Waals surface area contributed by atoms with E-state index in [-0.39, 0.29) is 17.9 Å². The van der Waals surface area contributed by atoms with Gasteiger partial charge in [-0.25, -0.2) is 0 Å². The lowest BCUT2D eigenvalue weighted by Gasteiger charge is -2.32. The number of carbonyl (C=O) groups excluding carboxylic acids is 1. The van der Waals surface area contributed by atoms with Crippen LogP contribution in [-0.4, -0.2) is 40.7 Å². The Bertz CT molecular complexity index is 431. The van der Waals surface area contributed by atoms with Gasteiger partial charge in [0.15, 0.2) is 5.82 Å². The fraction of sp³-hybridized carbons (Fsp3) is 0.769. The summed E-state index contributed by atoms with van der Waals surface area (Å²) in [6.07, 6.45) is 2.97. The number of ether oxygens (including phenoxy) is 1. The minimum absolute atomic E-state index is 0.178. The molecular formula is C13H21N3O3. The van der Waals surface area contributed by atoms with Crippen molar-refractivity contribution >= 4 is 5.97 Å². The van der Waals surface area contributed by atoms with E-state index in [1.165, 1.54) is 7.11 Å². The maximum atomic E-state index is 11.8. The minimum atomic E-state index is -0.187. The van der Waals surface area contributed by atoms with E-state index in [1.807, 2.05) is 13.8 Å². The third-order valence-corrected chi connectivity index (χ3v) is 3.43. The fourth-order valence-electron chi connectivity index (χ4n) is 2.32. The van der Waals surface area contributed by atoms with Crippen LogP contribution in [0.4, 0.5) is 0 Å². The molecule has 0 bridgehead atoms. The van der Waals surface area contributed by atoms with Crippen molar-refractivity contribution in [1.29, 1.82) is 0 Å². The first-order valence-corrected chi connectivity index (χ1v) is 6.76. The average molecular weight is 267 g/mol. The molecule has 19 heavy (non-hydrogen) atoms. The first-order valence-electron chi connectivity index (χ1n) is 6.76. The van der Waals surface area contributed by atoms with Gasteiger partial charge in [-0.1, -0.05) is 25.4 Å². The van der Waals surface area contributed by atoms with Gasteiger partial charge in [-0.05, 0) is 19.4 Å². The Morgan fingerprint density at radius 1 is 1.53 bits per heavy atom. The van der Waals surface area contributed by atoms with Gasteiger partial charge < -0.3 is 9.26 Å². The molecule has 1 atom stereocenters. The molecule has 0 spiro atoms. The number of aromatic nitrogens is 2. The van der Waals surface area contributed by atoms with E-state index in [0.29, 0.717) is 18.3 Å². The number of hydrogen-bond acceptors (Lipinski definition) is 6. The number of piperidine rings is 1. The molecule has 0 unspecified atom stereocenters. The molecule has 1 aliphatic heterocycles. The second-order valence-electron chi connectivity index (χ2n) is 5.21. The maximum Gasteiger partial charge on any atom is 0.323 e. The van der Waals surface area contributed by atoms with Crippen molar-refractivity contribution in [2.75, 3.05) is 13.7 Å². The molecule has 0 aromatic carbocycles. The molecule has 106 valence electrons. The fourth-order valence-corrected chi connectivity index (χ4v) is 2.32. The van der Waals surface area contributed by atoms with Crippen molar-refractivity contribution in [2.45, 2.75) is 51.6 Å². The SMILES string of the molecule is COC(=O)[C@H]1CCCCN1Cc1nc(C(C)C)no1. The lowest BCUT2D eigenvalue weighted by molar-refractivity contribution is -0.148. The first kappa shape index (κ1) is 14.0. The molecule has 1 aromatic rings. The van der Waals surface area contributed by atoms with Gasteiger partial charge in [-0.15, -0.1) is 0 Å². The van der Waals surface area contributed by atoms with Crippen LogP contribution in [-0.2, 0) is 16.1 Å². The molecule has 0 N–H and O–H groups in total. The smallest absolute Gasteiger partial charge is 0.323 e. The van der Waals surface area contributed by atoms with Gasteiger partial charge in [0.25, 0.3) is 0 Å². The van der Waals surface area contributed by atoms with Crippen molar-refractivity contribution in [3.8, 4) is 0 Å². The van der Waals surface area contributed by atoms with Crippen molar-refractivity contribution in [3.05, 3.63) is 11.7 Å². The van der Waals surface area contributed by atoms with Gasteiger partial charge in [0.2, 0.25) is 5.89 Å². The van der Waals surface area contributed by atoms with Gasteiger partial charge in [0.05, 0.1) is 13.7 Å². The van der Waals surface area contributed by atoms with E-state index >= 15 is 0 Å². The lowest BCUT2D eigenvalue weighted by atomic mass is 10.0. The van der Waals surface area contributed by atoms with Crippen LogP contribution in [0.5, 0.6) is 0 Å². The zero-order valence-electron chi connectivity index (χ0n) is 11.8. The molecular weight excluding hydrogens is 246 g/mol. The van der Waals surface area contributed by atoms with Crippen LogP contribution in [0.2, 0.25) is 0 Å². The number of likely N-dealkylation sites (tertiary alicyclic amines) is 1. The second-order valence-corrected chi connectivity index (χ2v) is 5.21. The van der Waals surface area contributed by atoms with Crippen molar-refractivity contribution in [3.63, 3.8) is 0 Å². The van der Waals surface area contributed by atoms with E-state index in [1.54, 1.807) is 0 Å². The number of esters is 1. The predicted octanol–water partition coefficient (Wildman–Crippen LogP) is 1.72. The van der Waals surface area contributed by atoms with Crippen LogP contribution < -0.4 is 0 Å². The van der Waals surface area contributed by atoms with E-state index in [4.69, 9.17) is 9.26 Å². The molecule has 1 fully saturated rings. The average Bonchev–Trinajstić information content (AvgIpc) is 2.87. The Balaban J connectivity index is 2.04. The first-order chi connectivity index (χ1) is 9.11. The molecule has 1 aliphatic rings. The summed E-state index contributed by atoms with van der Waals surface area (Å²) in [7, 11) is 1.43. The Morgan fingerprint density at radius 3 is 2.95 bits per heavy atom. The van der Waals surface area contributed by atoms with Gasteiger partial charge in [-0.2, -0.15) is 4.98 Å². The molecule has 1 saturated heterocycles. The Kier molecular flexibility index (Phi) is 4.52. The summed E-state index contributed by atoms with van der Waals surface area (Å²) in [5, 5.41) is 3.94. The van der Waals surface area contributed by atoms with E-state index < -0.39 is 0 Å². The Morgan fingerprint density at radius 2 is 2.32 bits per heavy atom. The summed E-state index contributed by atoms with van der Waals surface area (Å²) < 4.78 is 10.1. The molecule has 0 saturated carbocycles. The quantitative estimate of drug-likeness (QED) is 0.774. The van der Waals surface area contributed by atoms with Crippen molar-refractivity contribution in [2.24, 2.45) is 0 Å². The molecule has 2 heterocycles. The molecule has 0 aliphatic carbocycles. The molecule has 6 heteroatoms. The lowest BCUT2D eigenvalue weighted by Crippen LogP contribution is -2.44.